The molecule has 0 spiro atoms. The van der Waals surface area contributed by atoms with Gasteiger partial charge in [0.05, 0.1) is 21.9 Å². The molecule has 0 unspecified atom stereocenters. The van der Waals surface area contributed by atoms with E-state index in [2.05, 4.69) is 16.6 Å². The molecule has 1 aliphatic heterocycles. The molecule has 3 rings (SSSR count). The van der Waals surface area contributed by atoms with Crippen LogP contribution in [-0.2, 0) is 4.79 Å². The minimum absolute atomic E-state index is 0.127. The van der Waals surface area contributed by atoms with Crippen LogP contribution in [-0.4, -0.2) is 27.5 Å². The molecular formula is C18H14ClN3O2S. The van der Waals surface area contributed by atoms with Gasteiger partial charge in [0.25, 0.3) is 5.91 Å². The third-order valence-corrected chi connectivity index (χ3v) is 4.53. The summed E-state index contributed by atoms with van der Waals surface area (Å²) in [5, 5.41) is 0.979. The lowest BCUT2D eigenvalue weighted by Gasteiger charge is -2.12. The first-order chi connectivity index (χ1) is 12.2. The number of pyridine rings is 1. The zero-order valence-electron chi connectivity index (χ0n) is 13.1. The molecule has 7 heteroatoms. The van der Waals surface area contributed by atoms with Crippen molar-refractivity contribution in [2.45, 2.75) is 0 Å². The second-order valence-corrected chi connectivity index (χ2v) is 6.35. The maximum absolute atomic E-state index is 12.6. The van der Waals surface area contributed by atoms with Crippen LogP contribution in [0.15, 0.2) is 76.0 Å². The second kappa shape index (κ2) is 8.00. The summed E-state index contributed by atoms with van der Waals surface area (Å²) in [7, 11) is 0. The Hall–Kier alpha value is -2.57. The van der Waals surface area contributed by atoms with E-state index in [4.69, 9.17) is 16.0 Å². The predicted molar refractivity (Wildman–Crippen MR) is 102 cm³/mol. The van der Waals surface area contributed by atoms with Gasteiger partial charge in [0.2, 0.25) is 0 Å². The number of hydrogen-bond acceptors (Lipinski definition) is 5. The fourth-order valence-corrected chi connectivity index (χ4v) is 3.19. The maximum atomic E-state index is 12.6. The molecule has 0 aromatic carbocycles. The first-order valence-corrected chi connectivity index (χ1v) is 8.59. The van der Waals surface area contributed by atoms with Crippen LogP contribution in [0, 0.1) is 0 Å². The van der Waals surface area contributed by atoms with Gasteiger partial charge >= 0.3 is 0 Å². The number of carbonyl (C=O) groups is 1. The number of hydrogen-bond donors (Lipinski definition) is 0. The van der Waals surface area contributed by atoms with E-state index >= 15 is 0 Å². The van der Waals surface area contributed by atoms with Crippen LogP contribution in [0.25, 0.3) is 6.08 Å². The van der Waals surface area contributed by atoms with Crippen molar-refractivity contribution in [1.82, 2.24) is 9.88 Å². The topological polar surface area (TPSA) is 58.7 Å². The summed E-state index contributed by atoms with van der Waals surface area (Å²) < 4.78 is 5.22. The standard InChI is InChI=1S/C18H14ClN3O2S/c1-2-10-22-17(23)16(7-3-5-13-6-4-11-24-13)25-18(22)21-15-8-9-20-12-14(15)19/h2-9,11-12H,1,10H2/b5-3+,16-7+,21-18?. The van der Waals surface area contributed by atoms with Gasteiger partial charge < -0.3 is 4.42 Å². The number of rotatable bonds is 5. The van der Waals surface area contributed by atoms with Crippen molar-refractivity contribution in [1.29, 1.82) is 0 Å². The Labute approximate surface area is 154 Å². The highest BCUT2D eigenvalue weighted by Gasteiger charge is 2.32. The largest absolute Gasteiger partial charge is 0.465 e. The van der Waals surface area contributed by atoms with E-state index in [1.165, 1.54) is 18.0 Å². The quantitative estimate of drug-likeness (QED) is 0.565. The zero-order chi connectivity index (χ0) is 17.6. The summed E-state index contributed by atoms with van der Waals surface area (Å²) in [4.78, 5) is 23.1. The van der Waals surface area contributed by atoms with E-state index in [1.807, 2.05) is 6.07 Å². The normalized spacial score (nSPS) is 18.0. The minimum atomic E-state index is -0.127. The monoisotopic (exact) mass is 371 g/mol. The van der Waals surface area contributed by atoms with Crippen LogP contribution in [0.2, 0.25) is 5.02 Å². The number of nitrogens with zero attached hydrogens (tertiary/aromatic N) is 3. The van der Waals surface area contributed by atoms with E-state index in [0.717, 1.165) is 0 Å². The Morgan fingerprint density at radius 2 is 2.32 bits per heavy atom. The molecule has 1 amide bonds. The molecule has 2 aromatic rings. The first kappa shape index (κ1) is 17.3. The highest BCUT2D eigenvalue weighted by Crippen LogP contribution is 2.34. The number of allylic oxidation sites excluding steroid dienone is 2. The average Bonchev–Trinajstić information content (AvgIpc) is 3.21. The fourth-order valence-electron chi connectivity index (χ4n) is 2.07. The Morgan fingerprint density at radius 1 is 1.44 bits per heavy atom. The van der Waals surface area contributed by atoms with Gasteiger partial charge in [0, 0.05) is 18.9 Å². The summed E-state index contributed by atoms with van der Waals surface area (Å²) in [5.41, 5.74) is 0.563. The first-order valence-electron chi connectivity index (χ1n) is 7.39. The van der Waals surface area contributed by atoms with E-state index in [1.54, 1.807) is 53.8 Å². The highest BCUT2D eigenvalue weighted by atomic mass is 35.5. The van der Waals surface area contributed by atoms with Crippen LogP contribution in [0.1, 0.15) is 5.76 Å². The van der Waals surface area contributed by atoms with Crippen molar-refractivity contribution in [3.05, 3.63) is 77.4 Å². The summed E-state index contributed by atoms with van der Waals surface area (Å²) in [6.45, 7) is 4.07. The fraction of sp³-hybridized carbons (Fsp3) is 0.0556. The number of halogens is 1. The molecular weight excluding hydrogens is 358 g/mol. The van der Waals surface area contributed by atoms with E-state index in [9.17, 15) is 4.79 Å². The molecule has 5 nitrogen and oxygen atoms in total. The molecule has 126 valence electrons. The Kier molecular flexibility index (Phi) is 5.53. The van der Waals surface area contributed by atoms with Gasteiger partial charge in [-0.05, 0) is 42.1 Å². The Balaban J connectivity index is 1.87. The van der Waals surface area contributed by atoms with Crippen LogP contribution in [0.4, 0.5) is 5.69 Å². The van der Waals surface area contributed by atoms with E-state index in [0.29, 0.717) is 33.1 Å². The lowest BCUT2D eigenvalue weighted by Crippen LogP contribution is -2.29. The Bertz CT molecular complexity index is 872. The third kappa shape index (κ3) is 4.10. The summed E-state index contributed by atoms with van der Waals surface area (Å²) in [6.07, 6.45) is 11.7. The second-order valence-electron chi connectivity index (χ2n) is 4.93. The molecule has 0 bridgehead atoms. The molecule has 0 saturated carbocycles. The molecule has 0 atom stereocenters. The maximum Gasteiger partial charge on any atom is 0.267 e. The number of thioether (sulfide) groups is 1. The van der Waals surface area contributed by atoms with Crippen LogP contribution in [0.5, 0.6) is 0 Å². The van der Waals surface area contributed by atoms with Gasteiger partial charge in [-0.25, -0.2) is 4.99 Å². The van der Waals surface area contributed by atoms with Crippen molar-refractivity contribution in [2.75, 3.05) is 6.54 Å². The van der Waals surface area contributed by atoms with Gasteiger partial charge in [-0.1, -0.05) is 23.8 Å². The van der Waals surface area contributed by atoms with Gasteiger partial charge in [-0.15, -0.1) is 6.58 Å². The summed E-state index contributed by atoms with van der Waals surface area (Å²) >= 11 is 7.39. The smallest absolute Gasteiger partial charge is 0.267 e. The van der Waals surface area contributed by atoms with Gasteiger partial charge in [-0.2, -0.15) is 0 Å². The highest BCUT2D eigenvalue weighted by molar-refractivity contribution is 8.18. The SMILES string of the molecule is C=CCN1C(=O)/C(=C\C=C\c2ccco2)SC1=Nc1ccncc1Cl. The van der Waals surface area contributed by atoms with Gasteiger partial charge in [0.1, 0.15) is 5.76 Å². The van der Waals surface area contributed by atoms with Crippen molar-refractivity contribution < 1.29 is 9.21 Å². The molecule has 1 saturated heterocycles. The molecule has 0 N–H and O–H groups in total. The van der Waals surface area contributed by atoms with Crippen molar-refractivity contribution >= 4 is 46.2 Å². The third-order valence-electron chi connectivity index (χ3n) is 3.22. The minimum Gasteiger partial charge on any atom is -0.465 e. The van der Waals surface area contributed by atoms with Crippen LogP contribution < -0.4 is 0 Å². The molecule has 0 aliphatic carbocycles. The van der Waals surface area contributed by atoms with Crippen LogP contribution >= 0.6 is 23.4 Å². The van der Waals surface area contributed by atoms with Crippen molar-refractivity contribution in [2.24, 2.45) is 4.99 Å². The number of aromatic nitrogens is 1. The number of carbonyl (C=O) groups excluding carboxylic acids is 1. The molecule has 1 fully saturated rings. The van der Waals surface area contributed by atoms with E-state index in [-0.39, 0.29) is 5.91 Å². The molecule has 3 heterocycles. The molecule has 2 aromatic heterocycles. The lowest BCUT2D eigenvalue weighted by molar-refractivity contribution is -0.121. The Morgan fingerprint density at radius 3 is 3.04 bits per heavy atom. The molecule has 0 radical (unpaired) electrons. The van der Waals surface area contributed by atoms with Gasteiger partial charge in [-0.3, -0.25) is 14.7 Å². The number of aliphatic imine (C=N–C) groups is 1. The predicted octanol–water partition coefficient (Wildman–Crippen LogP) is 4.67. The van der Waals surface area contributed by atoms with E-state index < -0.39 is 0 Å². The van der Waals surface area contributed by atoms with Crippen molar-refractivity contribution in [3.8, 4) is 0 Å². The lowest BCUT2D eigenvalue weighted by atomic mass is 10.3. The summed E-state index contributed by atoms with van der Waals surface area (Å²) in [5.74, 6) is 0.589. The zero-order valence-corrected chi connectivity index (χ0v) is 14.7. The summed E-state index contributed by atoms with van der Waals surface area (Å²) in [6, 6.07) is 5.34. The molecule has 1 aliphatic rings. The number of furan rings is 1. The average molecular weight is 372 g/mol. The van der Waals surface area contributed by atoms with Crippen LogP contribution in [0.3, 0.4) is 0 Å². The number of amidine groups is 1. The van der Waals surface area contributed by atoms with Gasteiger partial charge in [0.15, 0.2) is 5.17 Å². The van der Waals surface area contributed by atoms with Crippen molar-refractivity contribution in [3.63, 3.8) is 0 Å². The number of amides is 1. The molecule has 25 heavy (non-hydrogen) atoms.